The average molecular weight is 162 g/mol. The molecule has 0 bridgehead atoms. The molecule has 0 aliphatic heterocycles. The van der Waals surface area contributed by atoms with Crippen LogP contribution < -0.4 is 4.74 Å². The number of ether oxygens (including phenoxy) is 1. The van der Waals surface area contributed by atoms with Crippen LogP contribution in [0.4, 0.5) is 0 Å². The molecule has 0 amide bonds. The third-order valence-electron chi connectivity index (χ3n) is 1.95. The first-order valence-corrected chi connectivity index (χ1v) is 3.79. The average Bonchev–Trinajstić information content (AvgIpc) is 2.52. The van der Waals surface area contributed by atoms with E-state index in [2.05, 4.69) is 9.97 Å². The zero-order valence-electron chi connectivity index (χ0n) is 7.09. The van der Waals surface area contributed by atoms with Gasteiger partial charge in [-0.15, -0.1) is 0 Å². The van der Waals surface area contributed by atoms with Crippen LogP contribution in [-0.4, -0.2) is 17.1 Å². The predicted molar refractivity (Wildman–Crippen MR) is 47.4 cm³/mol. The van der Waals surface area contributed by atoms with Crippen molar-refractivity contribution in [2.24, 2.45) is 0 Å². The number of hydrogen-bond donors (Lipinski definition) is 1. The molecule has 1 aromatic carbocycles. The Bertz CT molecular complexity index is 406. The molecule has 1 N–H and O–H groups in total. The lowest BCUT2D eigenvalue weighted by Gasteiger charge is -2.03. The van der Waals surface area contributed by atoms with E-state index in [0.29, 0.717) is 0 Å². The molecule has 0 aliphatic carbocycles. The smallest absolute Gasteiger partial charge is 0.149 e. The van der Waals surface area contributed by atoms with Gasteiger partial charge < -0.3 is 9.72 Å². The predicted octanol–water partition coefficient (Wildman–Crippen LogP) is 1.88. The molecule has 1 aromatic heterocycles. The lowest BCUT2D eigenvalue weighted by molar-refractivity contribution is 0.416. The van der Waals surface area contributed by atoms with Crippen molar-refractivity contribution in [3.05, 3.63) is 24.0 Å². The van der Waals surface area contributed by atoms with E-state index in [9.17, 15) is 0 Å². The molecular formula is C9H10N2O. The van der Waals surface area contributed by atoms with E-state index in [-0.39, 0.29) is 0 Å². The third kappa shape index (κ3) is 0.863. The van der Waals surface area contributed by atoms with Crippen molar-refractivity contribution in [1.82, 2.24) is 9.97 Å². The Kier molecular flexibility index (Phi) is 1.50. The lowest BCUT2D eigenvalue weighted by Crippen LogP contribution is -1.87. The fraction of sp³-hybridized carbons (Fsp3) is 0.222. The van der Waals surface area contributed by atoms with Crippen LogP contribution in [0.3, 0.4) is 0 Å². The number of aromatic nitrogens is 2. The summed E-state index contributed by atoms with van der Waals surface area (Å²) >= 11 is 0. The molecule has 0 fully saturated rings. The highest BCUT2D eigenvalue weighted by Crippen LogP contribution is 2.25. The number of hydrogen-bond acceptors (Lipinski definition) is 2. The molecule has 0 aliphatic rings. The highest BCUT2D eigenvalue weighted by Gasteiger charge is 2.05. The van der Waals surface area contributed by atoms with Gasteiger partial charge in [0.25, 0.3) is 0 Å². The normalized spacial score (nSPS) is 10.5. The summed E-state index contributed by atoms with van der Waals surface area (Å²) in [4.78, 5) is 7.20. The summed E-state index contributed by atoms with van der Waals surface area (Å²) in [6.07, 6.45) is 1.67. The monoisotopic (exact) mass is 162 g/mol. The molecule has 1 heterocycles. The molecule has 0 unspecified atom stereocenters. The Labute approximate surface area is 70.4 Å². The van der Waals surface area contributed by atoms with Gasteiger partial charge in [0.2, 0.25) is 0 Å². The van der Waals surface area contributed by atoms with Crippen LogP contribution >= 0.6 is 0 Å². The van der Waals surface area contributed by atoms with Gasteiger partial charge in [-0.3, -0.25) is 0 Å². The molecule has 2 aromatic rings. The van der Waals surface area contributed by atoms with Gasteiger partial charge in [0.1, 0.15) is 11.3 Å². The maximum Gasteiger partial charge on any atom is 0.149 e. The van der Waals surface area contributed by atoms with Crippen molar-refractivity contribution in [1.29, 1.82) is 0 Å². The highest BCUT2D eigenvalue weighted by molar-refractivity contribution is 5.82. The molecule has 0 saturated carbocycles. The molecular weight excluding hydrogens is 152 g/mol. The number of methoxy groups -OCH3 is 1. The Morgan fingerprint density at radius 3 is 3.00 bits per heavy atom. The highest BCUT2D eigenvalue weighted by atomic mass is 16.5. The number of fused-ring (bicyclic) bond motifs is 1. The number of nitrogens with zero attached hydrogens (tertiary/aromatic N) is 1. The molecule has 0 saturated heterocycles. The van der Waals surface area contributed by atoms with E-state index in [0.717, 1.165) is 22.3 Å². The van der Waals surface area contributed by atoms with Crippen LogP contribution in [0.15, 0.2) is 18.5 Å². The second kappa shape index (κ2) is 2.52. The molecule has 3 heteroatoms. The minimum absolute atomic E-state index is 0.855. The van der Waals surface area contributed by atoms with Gasteiger partial charge in [-0.2, -0.15) is 0 Å². The van der Waals surface area contributed by atoms with Crippen LogP contribution in [0.2, 0.25) is 0 Å². The number of benzene rings is 1. The summed E-state index contributed by atoms with van der Waals surface area (Å²) in [6, 6.07) is 4.01. The first-order valence-electron chi connectivity index (χ1n) is 3.79. The topological polar surface area (TPSA) is 37.9 Å². The van der Waals surface area contributed by atoms with Crippen molar-refractivity contribution >= 4 is 11.0 Å². The van der Waals surface area contributed by atoms with Crippen molar-refractivity contribution < 1.29 is 4.74 Å². The SMILES string of the molecule is COc1c(C)ccc2[nH]cnc12. The zero-order valence-corrected chi connectivity index (χ0v) is 7.09. The molecule has 0 radical (unpaired) electrons. The number of H-pyrrole nitrogens is 1. The first kappa shape index (κ1) is 7.16. The second-order valence-corrected chi connectivity index (χ2v) is 2.71. The van der Waals surface area contributed by atoms with Crippen LogP contribution in [0.1, 0.15) is 5.56 Å². The fourth-order valence-electron chi connectivity index (χ4n) is 1.34. The van der Waals surface area contributed by atoms with E-state index in [4.69, 9.17) is 4.74 Å². The number of aromatic amines is 1. The Morgan fingerprint density at radius 1 is 1.42 bits per heavy atom. The number of nitrogens with one attached hydrogen (secondary N) is 1. The first-order chi connectivity index (χ1) is 5.83. The van der Waals surface area contributed by atoms with Crippen molar-refractivity contribution in [2.45, 2.75) is 6.92 Å². The van der Waals surface area contributed by atoms with E-state index < -0.39 is 0 Å². The molecule has 0 spiro atoms. The van der Waals surface area contributed by atoms with E-state index in [1.165, 1.54) is 0 Å². The van der Waals surface area contributed by atoms with Gasteiger partial charge in [0.15, 0.2) is 0 Å². The lowest BCUT2D eigenvalue weighted by atomic mass is 10.2. The van der Waals surface area contributed by atoms with Crippen molar-refractivity contribution in [3.8, 4) is 5.75 Å². The summed E-state index contributed by atoms with van der Waals surface area (Å²) < 4.78 is 5.23. The maximum atomic E-state index is 5.23. The number of aryl methyl sites for hydroxylation is 1. The van der Waals surface area contributed by atoms with Gasteiger partial charge in [-0.25, -0.2) is 4.98 Å². The minimum atomic E-state index is 0.855. The largest absolute Gasteiger partial charge is 0.494 e. The van der Waals surface area contributed by atoms with E-state index >= 15 is 0 Å². The molecule has 12 heavy (non-hydrogen) atoms. The summed E-state index contributed by atoms with van der Waals surface area (Å²) in [6.45, 7) is 2.01. The fourth-order valence-corrected chi connectivity index (χ4v) is 1.34. The zero-order chi connectivity index (χ0) is 8.55. The van der Waals surface area contributed by atoms with E-state index in [1.54, 1.807) is 13.4 Å². The number of rotatable bonds is 1. The number of imidazole rings is 1. The summed E-state index contributed by atoms with van der Waals surface area (Å²) in [5.41, 5.74) is 3.02. The summed E-state index contributed by atoms with van der Waals surface area (Å²) in [5.74, 6) is 0.855. The summed E-state index contributed by atoms with van der Waals surface area (Å²) in [5, 5.41) is 0. The Hall–Kier alpha value is -1.51. The van der Waals surface area contributed by atoms with Crippen molar-refractivity contribution in [2.75, 3.05) is 7.11 Å². The van der Waals surface area contributed by atoms with Crippen molar-refractivity contribution in [3.63, 3.8) is 0 Å². The molecule has 3 nitrogen and oxygen atoms in total. The van der Waals surface area contributed by atoms with Crippen LogP contribution in [0.25, 0.3) is 11.0 Å². The maximum absolute atomic E-state index is 5.23. The third-order valence-corrected chi connectivity index (χ3v) is 1.95. The van der Waals surface area contributed by atoms with Crippen LogP contribution in [0, 0.1) is 6.92 Å². The molecule has 2 rings (SSSR count). The van der Waals surface area contributed by atoms with E-state index in [1.807, 2.05) is 19.1 Å². The van der Waals surface area contributed by atoms with Gasteiger partial charge in [0.05, 0.1) is 19.0 Å². The minimum Gasteiger partial charge on any atom is -0.494 e. The van der Waals surface area contributed by atoms with Gasteiger partial charge in [0, 0.05) is 0 Å². The van der Waals surface area contributed by atoms with Gasteiger partial charge in [-0.1, -0.05) is 6.07 Å². The van der Waals surface area contributed by atoms with Gasteiger partial charge >= 0.3 is 0 Å². The van der Waals surface area contributed by atoms with Crippen LogP contribution in [-0.2, 0) is 0 Å². The molecule has 62 valence electrons. The Balaban J connectivity index is 2.83. The van der Waals surface area contributed by atoms with Gasteiger partial charge in [-0.05, 0) is 18.6 Å². The standard InChI is InChI=1S/C9H10N2O/c1-6-3-4-7-8(9(6)12-2)11-5-10-7/h3-5H,1-2H3,(H,10,11). The Morgan fingerprint density at radius 2 is 2.25 bits per heavy atom. The second-order valence-electron chi connectivity index (χ2n) is 2.71. The van der Waals surface area contributed by atoms with Crippen LogP contribution in [0.5, 0.6) is 5.75 Å². The molecule has 0 atom stereocenters. The summed E-state index contributed by atoms with van der Waals surface area (Å²) in [7, 11) is 1.66. The quantitative estimate of drug-likeness (QED) is 0.695.